The van der Waals surface area contributed by atoms with E-state index in [4.69, 9.17) is 5.11 Å². The first-order valence-electron chi connectivity index (χ1n) is 8.32. The van der Waals surface area contributed by atoms with Crippen molar-refractivity contribution < 1.29 is 14.7 Å². The average molecular weight is 294 g/mol. The molecule has 3 aliphatic carbocycles. The second kappa shape index (κ2) is 5.85. The van der Waals surface area contributed by atoms with Crippen LogP contribution in [0.2, 0.25) is 0 Å². The first kappa shape index (κ1) is 14.7. The van der Waals surface area contributed by atoms with Crippen LogP contribution in [0.25, 0.3) is 0 Å². The van der Waals surface area contributed by atoms with Crippen molar-refractivity contribution in [3.05, 3.63) is 0 Å². The minimum Gasteiger partial charge on any atom is -0.481 e. The molecule has 3 saturated carbocycles. The van der Waals surface area contributed by atoms with Gasteiger partial charge in [0.15, 0.2) is 0 Å². The van der Waals surface area contributed by atoms with Gasteiger partial charge in [0.1, 0.15) is 0 Å². The third-order valence-corrected chi connectivity index (χ3v) is 5.91. The predicted octanol–water partition coefficient (Wildman–Crippen LogP) is 2.36. The first-order chi connectivity index (χ1) is 10.0. The second-order valence-electron chi connectivity index (χ2n) is 7.29. The van der Waals surface area contributed by atoms with Gasteiger partial charge in [-0.2, -0.15) is 0 Å². The second-order valence-corrected chi connectivity index (χ2v) is 7.29. The molecule has 0 aliphatic heterocycles. The number of carboxylic acids is 1. The van der Waals surface area contributed by atoms with E-state index in [1.807, 2.05) is 0 Å². The maximum Gasteiger partial charge on any atom is 0.315 e. The number of carboxylic acid groups (broad SMARTS) is 1. The summed E-state index contributed by atoms with van der Waals surface area (Å²) < 4.78 is 0. The lowest BCUT2D eigenvalue weighted by molar-refractivity contribution is -0.141. The Balaban J connectivity index is 1.43. The minimum absolute atomic E-state index is 0.0123. The predicted molar refractivity (Wildman–Crippen MR) is 78.8 cm³/mol. The molecule has 2 bridgehead atoms. The molecule has 118 valence electrons. The molecule has 5 nitrogen and oxygen atoms in total. The van der Waals surface area contributed by atoms with Crippen molar-refractivity contribution >= 4 is 12.0 Å². The van der Waals surface area contributed by atoms with Gasteiger partial charge in [-0.1, -0.05) is 6.42 Å². The number of amides is 2. The Labute approximate surface area is 125 Å². The maximum absolute atomic E-state index is 12.1. The van der Waals surface area contributed by atoms with Crippen LogP contribution in [0.3, 0.4) is 0 Å². The Kier molecular flexibility index (Phi) is 4.09. The van der Waals surface area contributed by atoms with Crippen LogP contribution in [0, 0.1) is 23.7 Å². The zero-order chi connectivity index (χ0) is 15.0. The molecule has 0 radical (unpaired) electrons. The van der Waals surface area contributed by atoms with Gasteiger partial charge in [0.05, 0.1) is 5.92 Å². The van der Waals surface area contributed by atoms with Gasteiger partial charge in [-0.3, -0.25) is 4.79 Å². The van der Waals surface area contributed by atoms with Crippen LogP contribution in [0.5, 0.6) is 0 Å². The van der Waals surface area contributed by atoms with Gasteiger partial charge >= 0.3 is 12.0 Å². The van der Waals surface area contributed by atoms with Gasteiger partial charge in [-0.25, -0.2) is 4.79 Å². The number of urea groups is 1. The third-order valence-electron chi connectivity index (χ3n) is 5.91. The lowest BCUT2D eigenvalue weighted by Crippen LogP contribution is -2.47. The summed E-state index contributed by atoms with van der Waals surface area (Å²) in [6.07, 6.45) is 7.31. The maximum atomic E-state index is 12.1. The number of hydrogen-bond donors (Lipinski definition) is 3. The van der Waals surface area contributed by atoms with Crippen molar-refractivity contribution in [2.45, 2.75) is 64.0 Å². The monoisotopic (exact) mass is 294 g/mol. The molecular formula is C16H26N2O3. The highest BCUT2D eigenvalue weighted by molar-refractivity contribution is 5.75. The lowest BCUT2D eigenvalue weighted by Gasteiger charge is -2.29. The van der Waals surface area contributed by atoms with Crippen molar-refractivity contribution in [3.63, 3.8) is 0 Å². The topological polar surface area (TPSA) is 78.4 Å². The van der Waals surface area contributed by atoms with Gasteiger partial charge in [0.25, 0.3) is 0 Å². The van der Waals surface area contributed by atoms with E-state index in [2.05, 4.69) is 17.6 Å². The number of rotatable bonds is 4. The molecule has 3 N–H and O–H groups in total. The molecule has 0 heterocycles. The fourth-order valence-electron chi connectivity index (χ4n) is 4.78. The summed E-state index contributed by atoms with van der Waals surface area (Å²) >= 11 is 0. The van der Waals surface area contributed by atoms with Crippen molar-refractivity contribution in [2.75, 3.05) is 0 Å². The first-order valence-corrected chi connectivity index (χ1v) is 8.32. The van der Waals surface area contributed by atoms with Crippen LogP contribution in [0.4, 0.5) is 4.79 Å². The molecule has 0 aromatic rings. The average Bonchev–Trinajstić information content (AvgIpc) is 3.13. The zero-order valence-electron chi connectivity index (χ0n) is 12.7. The van der Waals surface area contributed by atoms with Gasteiger partial charge < -0.3 is 15.7 Å². The van der Waals surface area contributed by atoms with Crippen molar-refractivity contribution in [2.24, 2.45) is 23.7 Å². The molecule has 3 fully saturated rings. The van der Waals surface area contributed by atoms with Gasteiger partial charge in [-0.05, 0) is 63.2 Å². The van der Waals surface area contributed by atoms with Crippen LogP contribution >= 0.6 is 0 Å². The summed E-state index contributed by atoms with van der Waals surface area (Å²) in [4.78, 5) is 23.0. The van der Waals surface area contributed by atoms with Gasteiger partial charge in [0.2, 0.25) is 0 Å². The summed E-state index contributed by atoms with van der Waals surface area (Å²) in [6.45, 7) is 2.11. The highest BCUT2D eigenvalue weighted by Gasteiger charge is 2.42. The Morgan fingerprint density at radius 3 is 2.48 bits per heavy atom. The summed E-state index contributed by atoms with van der Waals surface area (Å²) in [5.74, 6) is 1.28. The van der Waals surface area contributed by atoms with Gasteiger partial charge in [0, 0.05) is 12.1 Å². The molecule has 0 aromatic heterocycles. The normalized spacial score (nSPS) is 39.2. The molecule has 4 unspecified atom stereocenters. The molecule has 21 heavy (non-hydrogen) atoms. The Morgan fingerprint density at radius 2 is 1.90 bits per heavy atom. The molecule has 0 aromatic carbocycles. The number of carbonyl (C=O) groups is 2. The van der Waals surface area contributed by atoms with Crippen LogP contribution in [0.1, 0.15) is 51.9 Å². The van der Waals surface area contributed by atoms with E-state index in [1.54, 1.807) is 0 Å². The highest BCUT2D eigenvalue weighted by Crippen LogP contribution is 2.49. The molecule has 0 saturated heterocycles. The fourth-order valence-corrected chi connectivity index (χ4v) is 4.78. The SMILES string of the molecule is CC(NC(=O)N[C@H]1CC[C@@H](C(=O)O)C1)C1CC2CCC1C2. The van der Waals surface area contributed by atoms with E-state index in [1.165, 1.54) is 25.7 Å². The smallest absolute Gasteiger partial charge is 0.315 e. The number of carbonyl (C=O) groups excluding carboxylic acids is 1. The van der Waals surface area contributed by atoms with E-state index in [9.17, 15) is 9.59 Å². The van der Waals surface area contributed by atoms with Crippen LogP contribution in [-0.4, -0.2) is 29.2 Å². The summed E-state index contributed by atoms with van der Waals surface area (Å²) in [5, 5.41) is 15.0. The van der Waals surface area contributed by atoms with Crippen LogP contribution < -0.4 is 10.6 Å². The number of aliphatic carboxylic acids is 1. The number of fused-ring (bicyclic) bond motifs is 2. The molecule has 5 heteroatoms. The van der Waals surface area contributed by atoms with Crippen LogP contribution in [0.15, 0.2) is 0 Å². The summed E-state index contributed by atoms with van der Waals surface area (Å²) in [6, 6.07) is 0.108. The third kappa shape index (κ3) is 3.16. The van der Waals surface area contributed by atoms with Crippen LogP contribution in [-0.2, 0) is 4.79 Å². The van der Waals surface area contributed by atoms with Gasteiger partial charge in [-0.15, -0.1) is 0 Å². The molecule has 2 amide bonds. The number of hydrogen-bond acceptors (Lipinski definition) is 2. The quantitative estimate of drug-likeness (QED) is 0.745. The van der Waals surface area contributed by atoms with Crippen molar-refractivity contribution in [1.82, 2.24) is 10.6 Å². The van der Waals surface area contributed by atoms with E-state index >= 15 is 0 Å². The fraction of sp³-hybridized carbons (Fsp3) is 0.875. The summed E-state index contributed by atoms with van der Waals surface area (Å²) in [7, 11) is 0. The lowest BCUT2D eigenvalue weighted by atomic mass is 9.84. The Hall–Kier alpha value is -1.26. The Morgan fingerprint density at radius 1 is 1.10 bits per heavy atom. The number of nitrogens with one attached hydrogen (secondary N) is 2. The summed E-state index contributed by atoms with van der Waals surface area (Å²) in [5.41, 5.74) is 0. The van der Waals surface area contributed by atoms with E-state index in [0.29, 0.717) is 18.8 Å². The van der Waals surface area contributed by atoms with E-state index in [-0.39, 0.29) is 24.0 Å². The minimum atomic E-state index is -0.741. The van der Waals surface area contributed by atoms with E-state index < -0.39 is 5.97 Å². The van der Waals surface area contributed by atoms with Crippen molar-refractivity contribution in [1.29, 1.82) is 0 Å². The largest absolute Gasteiger partial charge is 0.481 e. The zero-order valence-corrected chi connectivity index (χ0v) is 12.7. The molecule has 0 spiro atoms. The molecular weight excluding hydrogens is 268 g/mol. The molecule has 3 aliphatic rings. The highest BCUT2D eigenvalue weighted by atomic mass is 16.4. The Bertz CT molecular complexity index is 426. The molecule has 3 rings (SSSR count). The molecule has 6 atom stereocenters. The van der Waals surface area contributed by atoms with E-state index in [0.717, 1.165) is 18.3 Å². The standard InChI is InChI=1S/C16H26N2O3/c1-9(14-7-10-2-3-11(14)6-10)17-16(21)18-13-5-4-12(8-13)15(19)20/h9-14H,2-8H2,1H3,(H,19,20)(H2,17,18,21)/t9?,10?,11?,12-,13+,14?/m1/s1. The van der Waals surface area contributed by atoms with Crippen molar-refractivity contribution in [3.8, 4) is 0 Å².